The zero-order chi connectivity index (χ0) is 53.4. The Kier molecular flexibility index (Phi) is 17.2. The highest BCUT2D eigenvalue weighted by molar-refractivity contribution is 9.09. The van der Waals surface area contributed by atoms with Gasteiger partial charge in [0.25, 0.3) is 0 Å². The topological polar surface area (TPSA) is 237 Å². The van der Waals surface area contributed by atoms with Crippen LogP contribution in [0.25, 0.3) is 42.2 Å². The van der Waals surface area contributed by atoms with E-state index in [4.69, 9.17) is 11.0 Å². The lowest BCUT2D eigenvalue weighted by Crippen LogP contribution is -2.38. The second-order valence-corrected chi connectivity index (χ2v) is 21.0. The van der Waals surface area contributed by atoms with E-state index in [-0.39, 0.29) is 39.6 Å². The van der Waals surface area contributed by atoms with Crippen molar-refractivity contribution in [3.63, 3.8) is 0 Å². The molecule has 0 radical (unpaired) electrons. The number of piperidine rings is 2. The third-order valence-corrected chi connectivity index (χ3v) is 15.1. The molecule has 25 heteroatoms. The number of halogens is 7. The van der Waals surface area contributed by atoms with Crippen molar-refractivity contribution in [1.29, 1.82) is 10.5 Å². The van der Waals surface area contributed by atoms with Gasteiger partial charge in [-0.05, 0) is 85.3 Å². The standard InChI is InChI=1S/C25H24F3N7OS.C23H21F3N6S.C2H4BrNO/c26-25(27,28)10-19-9-20-23(31-14-32-24(20)37-19)33-17-3-5-34(6-4-17)12-15-1-2-21-16(7-15)8-18(11-29)35(21)13-22(30)36;24-23(25,26)10-18-9-19-21(28-13-29-22(19)33-18)31-16-3-5-32(6-4-16)12-14-1-2-20-15(7-14)8-17(11-27)30-20;3-1-2(4)5/h1-2,7-9,14,17H,3-6,10,12-13H2,(H2,30,36)(H,31,32,33);1-2,7-9,13,16,30H,3-6,10,12H2,(H,28,29,31);1H2,(H2,4,5). The van der Waals surface area contributed by atoms with Crippen LogP contribution in [-0.4, -0.2) is 107 Å². The molecule has 0 atom stereocenters. The molecule has 2 aromatic carbocycles. The number of fused-ring (bicyclic) bond motifs is 4. The van der Waals surface area contributed by atoms with Crippen LogP contribution in [0.3, 0.4) is 0 Å². The molecule has 0 bridgehead atoms. The number of nitrogens with zero attached hydrogens (tertiary/aromatic N) is 9. The molecule has 392 valence electrons. The summed E-state index contributed by atoms with van der Waals surface area (Å²) in [5.41, 5.74) is 15.0. The Balaban J connectivity index is 0.000000184. The number of alkyl halides is 7. The zero-order valence-corrected chi connectivity index (χ0v) is 43.2. The highest BCUT2D eigenvalue weighted by Crippen LogP contribution is 2.35. The van der Waals surface area contributed by atoms with Crippen LogP contribution in [0.2, 0.25) is 0 Å². The molecule has 0 saturated carbocycles. The summed E-state index contributed by atoms with van der Waals surface area (Å²) in [5.74, 6) is 0.352. The number of hydrogen-bond acceptors (Lipinski definition) is 14. The summed E-state index contributed by atoms with van der Waals surface area (Å²) in [6, 6.07) is 23.5. The molecule has 6 aromatic heterocycles. The van der Waals surface area contributed by atoms with Crippen LogP contribution < -0.4 is 22.1 Å². The summed E-state index contributed by atoms with van der Waals surface area (Å²) >= 11 is 4.95. The number of likely N-dealkylation sites (tertiary alicyclic amines) is 2. The van der Waals surface area contributed by atoms with Crippen LogP contribution in [0.5, 0.6) is 0 Å². The van der Waals surface area contributed by atoms with E-state index >= 15 is 0 Å². The van der Waals surface area contributed by atoms with Gasteiger partial charge in [0.15, 0.2) is 0 Å². The van der Waals surface area contributed by atoms with Gasteiger partial charge in [-0.2, -0.15) is 36.9 Å². The molecule has 2 fully saturated rings. The van der Waals surface area contributed by atoms with Crippen molar-refractivity contribution in [3.05, 3.63) is 106 Å². The fourth-order valence-corrected chi connectivity index (χ4v) is 11.2. The Morgan fingerprint density at radius 2 is 1.19 bits per heavy atom. The van der Waals surface area contributed by atoms with Crippen molar-refractivity contribution in [2.45, 2.75) is 82.6 Å². The maximum atomic E-state index is 12.8. The Morgan fingerprint density at radius 1 is 0.693 bits per heavy atom. The van der Waals surface area contributed by atoms with Gasteiger partial charge in [0.2, 0.25) is 11.8 Å². The van der Waals surface area contributed by atoms with E-state index in [1.54, 1.807) is 16.7 Å². The number of hydrogen-bond donors (Lipinski definition) is 5. The Hall–Kier alpha value is -6.90. The molecule has 8 aromatic rings. The number of nitrogens with one attached hydrogen (secondary N) is 3. The van der Waals surface area contributed by atoms with E-state index in [1.165, 1.54) is 24.3 Å². The summed E-state index contributed by atoms with van der Waals surface area (Å²) in [4.78, 5) is 47.2. The van der Waals surface area contributed by atoms with Crippen LogP contribution >= 0.6 is 38.6 Å². The number of aromatic nitrogens is 6. The number of carbonyl (C=O) groups excluding carboxylic acids is 2. The number of anilines is 2. The number of carbonyl (C=O) groups is 2. The minimum Gasteiger partial charge on any atom is -0.369 e. The second kappa shape index (κ2) is 23.8. The van der Waals surface area contributed by atoms with Gasteiger partial charge in [0, 0.05) is 82.9 Å². The molecule has 2 aliphatic rings. The number of primary amides is 2. The summed E-state index contributed by atoms with van der Waals surface area (Å²) in [6.07, 6.45) is -4.07. The number of nitriles is 2. The van der Waals surface area contributed by atoms with Gasteiger partial charge in [-0.15, -0.1) is 22.7 Å². The molecule has 0 spiro atoms. The van der Waals surface area contributed by atoms with Gasteiger partial charge in [0.1, 0.15) is 64.0 Å². The number of thiophene rings is 2. The van der Waals surface area contributed by atoms with Gasteiger partial charge < -0.3 is 31.7 Å². The second-order valence-electron chi connectivity index (χ2n) is 18.2. The van der Waals surface area contributed by atoms with E-state index in [9.17, 15) is 41.2 Å². The maximum Gasteiger partial charge on any atom is 0.393 e. The molecule has 0 aliphatic carbocycles. The molecule has 75 heavy (non-hydrogen) atoms. The number of benzene rings is 2. The Labute approximate surface area is 441 Å². The minimum atomic E-state index is -4.26. The van der Waals surface area contributed by atoms with Crippen LogP contribution in [0.15, 0.2) is 73.3 Å². The average molecular weight is 1140 g/mol. The predicted molar refractivity (Wildman–Crippen MR) is 280 cm³/mol. The first-order chi connectivity index (χ1) is 35.8. The summed E-state index contributed by atoms with van der Waals surface area (Å²) in [6.45, 7) is 5.04. The molecule has 2 saturated heterocycles. The smallest absolute Gasteiger partial charge is 0.369 e. The molecule has 7 N–H and O–H groups in total. The molecule has 8 heterocycles. The van der Waals surface area contributed by atoms with Gasteiger partial charge in [0.05, 0.1) is 28.9 Å². The Bertz CT molecular complexity index is 3400. The van der Waals surface area contributed by atoms with Crippen LogP contribution in [-0.2, 0) is 42.1 Å². The highest BCUT2D eigenvalue weighted by atomic mass is 79.9. The summed E-state index contributed by atoms with van der Waals surface area (Å²) < 4.78 is 78.4. The monoisotopic (exact) mass is 1130 g/mol. The summed E-state index contributed by atoms with van der Waals surface area (Å²) in [5, 5.41) is 28.8. The molecule has 2 aliphatic heterocycles. The molecule has 10 rings (SSSR count). The van der Waals surface area contributed by atoms with Crippen molar-refractivity contribution >= 4 is 104 Å². The van der Waals surface area contributed by atoms with E-state index < -0.39 is 31.1 Å². The molecule has 16 nitrogen and oxygen atoms in total. The summed E-state index contributed by atoms with van der Waals surface area (Å²) in [7, 11) is 0. The van der Waals surface area contributed by atoms with E-state index in [0.717, 1.165) is 115 Å². The number of aromatic amines is 1. The third kappa shape index (κ3) is 14.7. The Morgan fingerprint density at radius 3 is 1.64 bits per heavy atom. The predicted octanol–water partition coefficient (Wildman–Crippen LogP) is 9.28. The van der Waals surface area contributed by atoms with Crippen molar-refractivity contribution < 1.29 is 35.9 Å². The van der Waals surface area contributed by atoms with Gasteiger partial charge in [-0.25, -0.2) is 19.9 Å². The van der Waals surface area contributed by atoms with E-state index in [0.29, 0.717) is 43.5 Å². The first-order valence-corrected chi connectivity index (χ1v) is 26.3. The lowest BCUT2D eigenvalue weighted by Gasteiger charge is -2.32. The van der Waals surface area contributed by atoms with Crippen LogP contribution in [0, 0.1) is 22.7 Å². The van der Waals surface area contributed by atoms with Crippen LogP contribution in [0.1, 0.15) is 58.0 Å². The van der Waals surface area contributed by atoms with E-state index in [1.807, 2.05) is 30.3 Å². The minimum absolute atomic E-state index is 0.0418. The molecule has 2 amide bonds. The fourth-order valence-electron chi connectivity index (χ4n) is 9.16. The fraction of sp³-hybridized carbons (Fsp3) is 0.360. The van der Waals surface area contributed by atoms with E-state index in [2.05, 4.69) is 91.3 Å². The first-order valence-electron chi connectivity index (χ1n) is 23.6. The number of H-pyrrole nitrogens is 1. The van der Waals surface area contributed by atoms with Crippen molar-refractivity contribution in [2.24, 2.45) is 11.5 Å². The average Bonchev–Trinajstić information content (AvgIpc) is 4.16. The molecular formula is C50H49BrF6N14O2S2. The molecular weight excluding hydrogens is 1090 g/mol. The van der Waals surface area contributed by atoms with Crippen molar-refractivity contribution in [3.8, 4) is 12.1 Å². The van der Waals surface area contributed by atoms with Gasteiger partial charge in [-0.1, -0.05) is 28.1 Å². The largest absolute Gasteiger partial charge is 0.393 e. The quantitative estimate of drug-likeness (QED) is 0.0537. The number of amides is 2. The number of rotatable bonds is 13. The maximum absolute atomic E-state index is 12.8. The first kappa shape index (κ1) is 54.4. The zero-order valence-electron chi connectivity index (χ0n) is 39.9. The highest BCUT2D eigenvalue weighted by Gasteiger charge is 2.31. The normalized spacial score (nSPS) is 15.0. The third-order valence-electron chi connectivity index (χ3n) is 12.5. The van der Waals surface area contributed by atoms with Gasteiger partial charge in [-0.3, -0.25) is 19.4 Å². The molecule has 0 unspecified atom stereocenters. The van der Waals surface area contributed by atoms with Crippen molar-refractivity contribution in [2.75, 3.05) is 42.1 Å². The lowest BCUT2D eigenvalue weighted by molar-refractivity contribution is -0.127. The SMILES string of the molecule is N#Cc1cc2cc(CN3CCC(Nc4ncnc5sc(CC(F)(F)F)cc45)CC3)ccc2[nH]1.N#Cc1cc2cc(CN3CCC(Nc4ncnc5sc(CC(F)(F)F)cc45)CC3)ccc2n1CC(N)=O.NC(=O)CBr. The number of nitrogens with two attached hydrogens (primary N) is 2. The van der Waals surface area contributed by atoms with Crippen LogP contribution in [0.4, 0.5) is 38.0 Å². The van der Waals surface area contributed by atoms with Gasteiger partial charge >= 0.3 is 12.4 Å². The lowest BCUT2D eigenvalue weighted by atomic mass is 10.0. The van der Waals surface area contributed by atoms with Crippen molar-refractivity contribution in [1.82, 2.24) is 39.3 Å².